The first-order valence-corrected chi connectivity index (χ1v) is 7.78. The molecule has 2 aliphatic rings. The van der Waals surface area contributed by atoms with Crippen LogP contribution in [0.15, 0.2) is 0 Å². The molecule has 2 atom stereocenters. The average Bonchev–Trinajstić information content (AvgIpc) is 2.87. The zero-order valence-corrected chi connectivity index (χ0v) is 12.7. The Morgan fingerprint density at radius 3 is 2.58 bits per heavy atom. The van der Waals surface area contributed by atoms with E-state index in [0.717, 1.165) is 26.1 Å². The number of likely N-dealkylation sites (N-methyl/N-ethyl adjacent to an activating group) is 1. The van der Waals surface area contributed by atoms with E-state index in [0.29, 0.717) is 17.9 Å². The summed E-state index contributed by atoms with van der Waals surface area (Å²) >= 11 is 0. The molecule has 1 saturated heterocycles. The van der Waals surface area contributed by atoms with E-state index in [-0.39, 0.29) is 6.04 Å². The summed E-state index contributed by atoms with van der Waals surface area (Å²) in [5.74, 6) is 0.903. The van der Waals surface area contributed by atoms with Crippen molar-refractivity contribution in [1.29, 1.82) is 0 Å². The second-order valence-electron chi connectivity index (χ2n) is 6.37. The summed E-state index contributed by atoms with van der Waals surface area (Å²) in [6.45, 7) is 5.17. The number of carbonyl (C=O) groups is 1. The van der Waals surface area contributed by atoms with Gasteiger partial charge in [0.2, 0.25) is 5.91 Å². The number of carbonyl (C=O) groups excluding carboxylic acids is 1. The molecule has 1 amide bonds. The third kappa shape index (κ3) is 3.48. The summed E-state index contributed by atoms with van der Waals surface area (Å²) in [5.41, 5.74) is 0. The summed E-state index contributed by atoms with van der Waals surface area (Å²) in [5, 5.41) is 3.20. The number of hydrogen-bond acceptors (Lipinski definition) is 3. The van der Waals surface area contributed by atoms with Crippen LogP contribution in [0, 0.1) is 5.92 Å². The van der Waals surface area contributed by atoms with Gasteiger partial charge in [0.05, 0.1) is 6.04 Å². The van der Waals surface area contributed by atoms with Gasteiger partial charge in [-0.2, -0.15) is 0 Å². The van der Waals surface area contributed by atoms with Gasteiger partial charge in [0, 0.05) is 26.2 Å². The van der Waals surface area contributed by atoms with Crippen LogP contribution in [-0.4, -0.2) is 61.5 Å². The minimum atomic E-state index is 0.0884. The van der Waals surface area contributed by atoms with Crippen LogP contribution in [0.4, 0.5) is 0 Å². The van der Waals surface area contributed by atoms with Crippen LogP contribution in [0.2, 0.25) is 0 Å². The molecule has 1 aliphatic heterocycles. The molecule has 0 aromatic carbocycles. The van der Waals surface area contributed by atoms with E-state index < -0.39 is 0 Å². The van der Waals surface area contributed by atoms with Gasteiger partial charge in [-0.3, -0.25) is 9.69 Å². The fourth-order valence-corrected chi connectivity index (χ4v) is 3.71. The van der Waals surface area contributed by atoms with E-state index in [1.807, 2.05) is 19.0 Å². The second kappa shape index (κ2) is 6.71. The Kier molecular flexibility index (Phi) is 5.22. The maximum Gasteiger partial charge on any atom is 0.239 e. The number of nitrogens with zero attached hydrogens (tertiary/aromatic N) is 2. The smallest absolute Gasteiger partial charge is 0.239 e. The summed E-state index contributed by atoms with van der Waals surface area (Å²) in [4.78, 5) is 17.1. The molecule has 2 fully saturated rings. The molecule has 1 saturated carbocycles. The zero-order chi connectivity index (χ0) is 13.8. The van der Waals surface area contributed by atoms with Gasteiger partial charge in [0.1, 0.15) is 0 Å². The van der Waals surface area contributed by atoms with Crippen LogP contribution in [0.3, 0.4) is 0 Å². The van der Waals surface area contributed by atoms with Gasteiger partial charge in [0.25, 0.3) is 0 Å². The van der Waals surface area contributed by atoms with Crippen LogP contribution < -0.4 is 5.32 Å². The molecule has 1 heterocycles. The van der Waals surface area contributed by atoms with E-state index in [4.69, 9.17) is 0 Å². The quantitative estimate of drug-likeness (QED) is 0.834. The topological polar surface area (TPSA) is 35.6 Å². The summed E-state index contributed by atoms with van der Waals surface area (Å²) in [6, 6.07) is 0.727. The normalized spacial score (nSPS) is 30.9. The Morgan fingerprint density at radius 1 is 1.26 bits per heavy atom. The van der Waals surface area contributed by atoms with Crippen molar-refractivity contribution in [3.63, 3.8) is 0 Å². The van der Waals surface area contributed by atoms with Crippen molar-refractivity contribution >= 4 is 5.91 Å². The van der Waals surface area contributed by atoms with Crippen LogP contribution in [-0.2, 0) is 4.79 Å². The number of amides is 1. The zero-order valence-electron chi connectivity index (χ0n) is 12.7. The highest BCUT2D eigenvalue weighted by Gasteiger charge is 2.37. The van der Waals surface area contributed by atoms with Crippen LogP contribution in [0.25, 0.3) is 0 Å². The second-order valence-corrected chi connectivity index (χ2v) is 6.37. The van der Waals surface area contributed by atoms with E-state index in [1.165, 1.54) is 25.7 Å². The minimum Gasteiger partial charge on any atom is -0.344 e. The van der Waals surface area contributed by atoms with Gasteiger partial charge >= 0.3 is 0 Å². The molecule has 19 heavy (non-hydrogen) atoms. The number of rotatable bonds is 4. The molecule has 4 heteroatoms. The van der Waals surface area contributed by atoms with E-state index in [2.05, 4.69) is 17.1 Å². The molecule has 4 nitrogen and oxygen atoms in total. The van der Waals surface area contributed by atoms with Crippen molar-refractivity contribution in [2.24, 2.45) is 5.92 Å². The SMILES string of the molecule is CNCCC1C(=O)N(C)CC(C)CN1C1CCCC1. The third-order valence-electron chi connectivity index (χ3n) is 4.63. The Balaban J connectivity index is 2.14. The lowest BCUT2D eigenvalue weighted by Gasteiger charge is -2.35. The van der Waals surface area contributed by atoms with Gasteiger partial charge in [-0.15, -0.1) is 0 Å². The maximum absolute atomic E-state index is 12.6. The summed E-state index contributed by atoms with van der Waals surface area (Å²) in [6.07, 6.45) is 6.15. The van der Waals surface area contributed by atoms with Crippen molar-refractivity contribution in [1.82, 2.24) is 15.1 Å². The summed E-state index contributed by atoms with van der Waals surface area (Å²) in [7, 11) is 3.93. The fourth-order valence-electron chi connectivity index (χ4n) is 3.71. The fraction of sp³-hybridized carbons (Fsp3) is 0.933. The van der Waals surface area contributed by atoms with E-state index in [9.17, 15) is 4.79 Å². The predicted molar refractivity (Wildman–Crippen MR) is 78.1 cm³/mol. The van der Waals surface area contributed by atoms with Gasteiger partial charge in [0.15, 0.2) is 0 Å². The Hall–Kier alpha value is -0.610. The largest absolute Gasteiger partial charge is 0.344 e. The lowest BCUT2D eigenvalue weighted by atomic mass is 10.1. The van der Waals surface area contributed by atoms with Gasteiger partial charge < -0.3 is 10.2 Å². The maximum atomic E-state index is 12.6. The van der Waals surface area contributed by atoms with Crippen molar-refractivity contribution in [3.05, 3.63) is 0 Å². The standard InChI is InChI=1S/C15H29N3O/c1-12-10-17(3)15(19)14(8-9-16-2)18(11-12)13-6-4-5-7-13/h12-14,16H,4-11H2,1-3H3. The molecule has 0 aromatic heterocycles. The molecule has 2 unspecified atom stereocenters. The third-order valence-corrected chi connectivity index (χ3v) is 4.63. The molecule has 0 aromatic rings. The Bertz CT molecular complexity index is 302. The minimum absolute atomic E-state index is 0.0884. The summed E-state index contributed by atoms with van der Waals surface area (Å²) < 4.78 is 0. The molecule has 110 valence electrons. The first-order chi connectivity index (χ1) is 9.13. The van der Waals surface area contributed by atoms with Crippen LogP contribution in [0.5, 0.6) is 0 Å². The first kappa shape index (κ1) is 14.8. The highest BCUT2D eigenvalue weighted by atomic mass is 16.2. The number of hydrogen-bond donors (Lipinski definition) is 1. The lowest BCUT2D eigenvalue weighted by molar-refractivity contribution is -0.135. The van der Waals surface area contributed by atoms with E-state index >= 15 is 0 Å². The Labute approximate surface area is 117 Å². The molecular formula is C15H29N3O. The average molecular weight is 267 g/mol. The highest BCUT2D eigenvalue weighted by molar-refractivity contribution is 5.82. The highest BCUT2D eigenvalue weighted by Crippen LogP contribution is 2.29. The first-order valence-electron chi connectivity index (χ1n) is 7.78. The van der Waals surface area contributed by atoms with Gasteiger partial charge in [-0.1, -0.05) is 19.8 Å². The molecule has 2 rings (SSSR count). The molecule has 0 bridgehead atoms. The molecular weight excluding hydrogens is 238 g/mol. The van der Waals surface area contributed by atoms with Crippen molar-refractivity contribution in [2.45, 2.75) is 51.1 Å². The van der Waals surface area contributed by atoms with Crippen molar-refractivity contribution < 1.29 is 4.79 Å². The lowest BCUT2D eigenvalue weighted by Crippen LogP contribution is -2.49. The molecule has 1 N–H and O–H groups in total. The molecule has 0 radical (unpaired) electrons. The monoisotopic (exact) mass is 267 g/mol. The molecule has 0 spiro atoms. The van der Waals surface area contributed by atoms with Crippen molar-refractivity contribution in [2.75, 3.05) is 33.7 Å². The van der Waals surface area contributed by atoms with E-state index in [1.54, 1.807) is 0 Å². The number of nitrogens with one attached hydrogen (secondary N) is 1. The predicted octanol–water partition coefficient (Wildman–Crippen LogP) is 1.32. The van der Waals surface area contributed by atoms with Gasteiger partial charge in [-0.25, -0.2) is 0 Å². The van der Waals surface area contributed by atoms with Crippen LogP contribution >= 0.6 is 0 Å². The van der Waals surface area contributed by atoms with Gasteiger partial charge in [-0.05, 0) is 38.8 Å². The Morgan fingerprint density at radius 2 is 1.95 bits per heavy atom. The van der Waals surface area contributed by atoms with Crippen molar-refractivity contribution in [3.8, 4) is 0 Å². The molecule has 1 aliphatic carbocycles. The van der Waals surface area contributed by atoms with Crippen LogP contribution in [0.1, 0.15) is 39.0 Å².